The van der Waals surface area contributed by atoms with Crippen LogP contribution >= 0.6 is 31.9 Å². The van der Waals surface area contributed by atoms with Crippen LogP contribution in [0.1, 0.15) is 10.4 Å². The molecule has 2 aromatic rings. The number of nitro benzene ring substituents is 1. The van der Waals surface area contributed by atoms with E-state index in [9.17, 15) is 14.9 Å². The highest BCUT2D eigenvalue weighted by Crippen LogP contribution is 2.35. The molecule has 21 heavy (non-hydrogen) atoms. The van der Waals surface area contributed by atoms with E-state index in [2.05, 4.69) is 31.9 Å². The highest BCUT2D eigenvalue weighted by Gasteiger charge is 2.18. The van der Waals surface area contributed by atoms with E-state index in [1.165, 1.54) is 0 Å². The summed E-state index contributed by atoms with van der Waals surface area (Å²) in [6.07, 6.45) is 0. The minimum absolute atomic E-state index is 0.0975. The first-order valence-electron chi connectivity index (χ1n) is 5.53. The van der Waals surface area contributed by atoms with E-state index in [-0.39, 0.29) is 17.0 Å². The minimum atomic E-state index is -1.23. The van der Waals surface area contributed by atoms with Crippen molar-refractivity contribution in [3.63, 3.8) is 0 Å². The zero-order valence-electron chi connectivity index (χ0n) is 10.2. The Morgan fingerprint density at radius 2 is 1.86 bits per heavy atom. The molecule has 0 aliphatic carbocycles. The van der Waals surface area contributed by atoms with E-state index in [1.807, 2.05) is 0 Å². The molecule has 0 aromatic heterocycles. The van der Waals surface area contributed by atoms with E-state index in [0.717, 1.165) is 22.7 Å². The van der Waals surface area contributed by atoms with Gasteiger partial charge in [0.25, 0.3) is 5.69 Å². The van der Waals surface area contributed by atoms with E-state index in [4.69, 9.17) is 9.84 Å². The first kappa shape index (κ1) is 15.5. The Bertz CT molecular complexity index is 732. The van der Waals surface area contributed by atoms with Crippen LogP contribution < -0.4 is 4.74 Å². The molecular formula is C13H7Br2NO5. The average molecular weight is 417 g/mol. The Kier molecular flexibility index (Phi) is 4.59. The molecule has 0 radical (unpaired) electrons. The fourth-order valence-electron chi connectivity index (χ4n) is 1.56. The summed E-state index contributed by atoms with van der Waals surface area (Å²) < 4.78 is 6.88. The van der Waals surface area contributed by atoms with Crippen molar-refractivity contribution in [2.45, 2.75) is 0 Å². The third-order valence-electron chi connectivity index (χ3n) is 2.52. The smallest absolute Gasteiger partial charge is 0.339 e. The van der Waals surface area contributed by atoms with Gasteiger partial charge < -0.3 is 9.84 Å². The predicted octanol–water partition coefficient (Wildman–Crippen LogP) is 4.61. The third-order valence-corrected chi connectivity index (χ3v) is 3.63. The standard InChI is InChI=1S/C13H7Br2NO5/c14-7-1-4-11(10(15)5-7)21-12-6-8(16(19)20)2-3-9(12)13(17)18/h1-6H,(H,17,18). The second kappa shape index (κ2) is 6.23. The molecule has 0 aliphatic heterocycles. The van der Waals surface area contributed by atoms with E-state index < -0.39 is 10.9 Å². The topological polar surface area (TPSA) is 89.7 Å². The number of carboxylic acid groups (broad SMARTS) is 1. The Morgan fingerprint density at radius 1 is 1.14 bits per heavy atom. The zero-order chi connectivity index (χ0) is 15.6. The lowest BCUT2D eigenvalue weighted by Crippen LogP contribution is -2.01. The van der Waals surface area contributed by atoms with Gasteiger partial charge in [0, 0.05) is 10.5 Å². The van der Waals surface area contributed by atoms with Gasteiger partial charge in [-0.05, 0) is 40.2 Å². The number of carbonyl (C=O) groups is 1. The number of halogens is 2. The highest BCUT2D eigenvalue weighted by atomic mass is 79.9. The van der Waals surface area contributed by atoms with Crippen molar-refractivity contribution in [1.82, 2.24) is 0 Å². The maximum Gasteiger partial charge on any atom is 0.339 e. The van der Waals surface area contributed by atoms with Gasteiger partial charge in [0.2, 0.25) is 0 Å². The number of carboxylic acids is 1. The number of nitro groups is 1. The molecule has 0 atom stereocenters. The summed E-state index contributed by atoms with van der Waals surface area (Å²) in [6, 6.07) is 8.37. The van der Waals surface area contributed by atoms with Crippen LogP contribution in [-0.2, 0) is 0 Å². The second-order valence-electron chi connectivity index (χ2n) is 3.92. The van der Waals surface area contributed by atoms with Crippen LogP contribution in [0.2, 0.25) is 0 Å². The molecule has 1 N–H and O–H groups in total. The maximum absolute atomic E-state index is 11.2. The number of nitrogens with zero attached hydrogens (tertiary/aromatic N) is 1. The largest absolute Gasteiger partial charge is 0.478 e. The van der Waals surface area contributed by atoms with Crippen LogP contribution in [0.15, 0.2) is 45.3 Å². The average Bonchev–Trinajstić information content (AvgIpc) is 2.41. The maximum atomic E-state index is 11.2. The van der Waals surface area contributed by atoms with Crippen molar-refractivity contribution < 1.29 is 19.6 Å². The van der Waals surface area contributed by atoms with Crippen LogP contribution in [0.25, 0.3) is 0 Å². The molecule has 0 unspecified atom stereocenters. The molecule has 0 aliphatic rings. The van der Waals surface area contributed by atoms with Gasteiger partial charge in [-0.25, -0.2) is 4.79 Å². The second-order valence-corrected chi connectivity index (χ2v) is 5.69. The van der Waals surface area contributed by atoms with E-state index >= 15 is 0 Å². The van der Waals surface area contributed by atoms with Crippen molar-refractivity contribution in [3.8, 4) is 11.5 Å². The van der Waals surface area contributed by atoms with Gasteiger partial charge in [-0.1, -0.05) is 15.9 Å². The number of non-ortho nitro benzene ring substituents is 1. The lowest BCUT2D eigenvalue weighted by atomic mass is 10.2. The fraction of sp³-hybridized carbons (Fsp3) is 0. The molecule has 0 amide bonds. The Balaban J connectivity index is 2.48. The number of hydrogen-bond acceptors (Lipinski definition) is 4. The summed E-state index contributed by atoms with van der Waals surface area (Å²) in [7, 11) is 0. The molecule has 0 heterocycles. The van der Waals surface area contributed by atoms with Crippen molar-refractivity contribution >= 4 is 43.5 Å². The van der Waals surface area contributed by atoms with Crippen molar-refractivity contribution in [2.75, 3.05) is 0 Å². The first-order chi connectivity index (χ1) is 9.88. The SMILES string of the molecule is O=C(O)c1ccc([N+](=O)[O-])cc1Oc1ccc(Br)cc1Br. The minimum Gasteiger partial charge on any atom is -0.478 e. The quantitative estimate of drug-likeness (QED) is 0.580. The Labute approximate surface area is 135 Å². The van der Waals surface area contributed by atoms with Crippen LogP contribution in [0.4, 0.5) is 5.69 Å². The molecule has 2 aromatic carbocycles. The number of aromatic carboxylic acids is 1. The van der Waals surface area contributed by atoms with Gasteiger partial charge in [-0.15, -0.1) is 0 Å². The Morgan fingerprint density at radius 3 is 2.43 bits per heavy atom. The summed E-state index contributed by atoms with van der Waals surface area (Å²) >= 11 is 6.56. The summed E-state index contributed by atoms with van der Waals surface area (Å²) in [5.41, 5.74) is -0.404. The van der Waals surface area contributed by atoms with Gasteiger partial charge in [0.15, 0.2) is 0 Å². The first-order valence-corrected chi connectivity index (χ1v) is 7.11. The normalized spacial score (nSPS) is 10.2. The van der Waals surface area contributed by atoms with Gasteiger partial charge in [0.1, 0.15) is 17.1 Å². The number of hydrogen-bond donors (Lipinski definition) is 1. The molecule has 0 bridgehead atoms. The van der Waals surface area contributed by atoms with Crippen LogP contribution in [0, 0.1) is 10.1 Å². The van der Waals surface area contributed by atoms with Crippen LogP contribution in [-0.4, -0.2) is 16.0 Å². The van der Waals surface area contributed by atoms with Crippen LogP contribution in [0.5, 0.6) is 11.5 Å². The predicted molar refractivity (Wildman–Crippen MR) is 82.0 cm³/mol. The van der Waals surface area contributed by atoms with Crippen LogP contribution in [0.3, 0.4) is 0 Å². The Hall–Kier alpha value is -1.93. The van der Waals surface area contributed by atoms with Gasteiger partial charge in [-0.2, -0.15) is 0 Å². The monoisotopic (exact) mass is 415 g/mol. The van der Waals surface area contributed by atoms with Crippen molar-refractivity contribution in [2.24, 2.45) is 0 Å². The molecule has 2 rings (SSSR count). The lowest BCUT2D eigenvalue weighted by Gasteiger charge is -2.10. The van der Waals surface area contributed by atoms with Gasteiger partial charge in [-0.3, -0.25) is 10.1 Å². The van der Waals surface area contributed by atoms with Crippen molar-refractivity contribution in [1.29, 1.82) is 0 Å². The fourth-order valence-corrected chi connectivity index (χ4v) is 2.69. The summed E-state index contributed by atoms with van der Waals surface area (Å²) in [4.78, 5) is 21.3. The number of ether oxygens (including phenoxy) is 1. The molecule has 6 nitrogen and oxygen atoms in total. The van der Waals surface area contributed by atoms with E-state index in [0.29, 0.717) is 10.2 Å². The highest BCUT2D eigenvalue weighted by molar-refractivity contribution is 9.11. The zero-order valence-corrected chi connectivity index (χ0v) is 13.4. The number of rotatable bonds is 4. The molecule has 108 valence electrons. The lowest BCUT2D eigenvalue weighted by molar-refractivity contribution is -0.384. The summed E-state index contributed by atoms with van der Waals surface area (Å²) in [5, 5.41) is 19.9. The third kappa shape index (κ3) is 3.59. The summed E-state index contributed by atoms with van der Waals surface area (Å²) in [5.74, 6) is -0.978. The van der Waals surface area contributed by atoms with Gasteiger partial charge in [0.05, 0.1) is 15.5 Å². The molecule has 0 fully saturated rings. The molecule has 0 saturated carbocycles. The molecule has 0 saturated heterocycles. The molecule has 8 heteroatoms. The molecular weight excluding hydrogens is 410 g/mol. The number of benzene rings is 2. The molecule has 0 spiro atoms. The van der Waals surface area contributed by atoms with Crippen molar-refractivity contribution in [3.05, 3.63) is 61.0 Å². The summed E-state index contributed by atoms with van der Waals surface area (Å²) in [6.45, 7) is 0. The van der Waals surface area contributed by atoms with Gasteiger partial charge >= 0.3 is 5.97 Å². The van der Waals surface area contributed by atoms with E-state index in [1.54, 1.807) is 18.2 Å².